The maximum atomic E-state index is 12.3. The summed E-state index contributed by atoms with van der Waals surface area (Å²) in [6.45, 7) is 0. The quantitative estimate of drug-likeness (QED) is 0.490. The molecule has 1 heterocycles. The summed E-state index contributed by atoms with van der Waals surface area (Å²) in [6, 6.07) is 13.7. The SMILES string of the molecule is O=C(NS(=O)(=O)c1ccccc1)C(=O)c1c(O)[nH]c2ccccc12. The van der Waals surface area contributed by atoms with E-state index in [4.69, 9.17) is 0 Å². The van der Waals surface area contributed by atoms with Gasteiger partial charge in [0.25, 0.3) is 15.8 Å². The summed E-state index contributed by atoms with van der Waals surface area (Å²) in [4.78, 5) is 26.8. The number of amides is 1. The third-order valence-electron chi connectivity index (χ3n) is 3.40. The van der Waals surface area contributed by atoms with Crippen molar-refractivity contribution in [2.75, 3.05) is 0 Å². The van der Waals surface area contributed by atoms with Gasteiger partial charge in [-0.15, -0.1) is 0 Å². The molecular formula is C16H12N2O5S. The highest BCUT2D eigenvalue weighted by Crippen LogP contribution is 2.27. The van der Waals surface area contributed by atoms with Crippen LogP contribution in [0.3, 0.4) is 0 Å². The summed E-state index contributed by atoms with van der Waals surface area (Å²) in [7, 11) is -4.17. The topological polar surface area (TPSA) is 116 Å². The Morgan fingerprint density at radius 3 is 2.29 bits per heavy atom. The lowest BCUT2D eigenvalue weighted by atomic mass is 10.1. The molecular weight excluding hydrogens is 332 g/mol. The molecule has 2 aromatic carbocycles. The Morgan fingerprint density at radius 2 is 1.58 bits per heavy atom. The number of sulfonamides is 1. The first-order chi connectivity index (χ1) is 11.4. The molecule has 0 bridgehead atoms. The Labute approximate surface area is 137 Å². The van der Waals surface area contributed by atoms with Crippen molar-refractivity contribution < 1.29 is 23.1 Å². The molecule has 0 saturated carbocycles. The van der Waals surface area contributed by atoms with Gasteiger partial charge >= 0.3 is 5.91 Å². The van der Waals surface area contributed by atoms with E-state index in [1.54, 1.807) is 29.0 Å². The van der Waals surface area contributed by atoms with Crippen LogP contribution in [-0.4, -0.2) is 30.2 Å². The molecule has 0 unspecified atom stereocenters. The molecule has 0 radical (unpaired) electrons. The van der Waals surface area contributed by atoms with Crippen LogP contribution in [0.5, 0.6) is 5.88 Å². The van der Waals surface area contributed by atoms with Gasteiger partial charge in [-0.3, -0.25) is 9.59 Å². The van der Waals surface area contributed by atoms with Gasteiger partial charge in [0.2, 0.25) is 5.88 Å². The molecule has 122 valence electrons. The lowest BCUT2D eigenvalue weighted by Crippen LogP contribution is -2.36. The number of ketones is 1. The molecule has 0 aliphatic heterocycles. The van der Waals surface area contributed by atoms with Crippen molar-refractivity contribution in [3.8, 4) is 5.88 Å². The van der Waals surface area contributed by atoms with E-state index in [-0.39, 0.29) is 10.5 Å². The van der Waals surface area contributed by atoms with Crippen molar-refractivity contribution in [2.24, 2.45) is 0 Å². The fourth-order valence-electron chi connectivity index (χ4n) is 2.30. The standard InChI is InChI=1S/C16H12N2O5S/c19-14(13-11-8-4-5-9-12(11)17-15(13)20)16(21)18-24(22,23)10-6-2-1-3-7-10/h1-9,17,20H,(H,18,21). The van der Waals surface area contributed by atoms with Crippen LogP contribution in [0.15, 0.2) is 59.5 Å². The van der Waals surface area contributed by atoms with Crippen LogP contribution in [0.4, 0.5) is 0 Å². The molecule has 0 saturated heterocycles. The van der Waals surface area contributed by atoms with Gasteiger partial charge in [0.05, 0.1) is 10.5 Å². The second-order valence-corrected chi connectivity index (χ2v) is 6.65. The Hall–Kier alpha value is -3.13. The zero-order valence-electron chi connectivity index (χ0n) is 12.2. The fourth-order valence-corrected chi connectivity index (χ4v) is 3.27. The van der Waals surface area contributed by atoms with E-state index in [9.17, 15) is 23.1 Å². The van der Waals surface area contributed by atoms with E-state index >= 15 is 0 Å². The summed E-state index contributed by atoms with van der Waals surface area (Å²) >= 11 is 0. The highest BCUT2D eigenvalue weighted by Gasteiger charge is 2.28. The minimum absolute atomic E-state index is 0.144. The molecule has 3 N–H and O–H groups in total. The zero-order chi connectivity index (χ0) is 17.3. The van der Waals surface area contributed by atoms with E-state index in [1.807, 2.05) is 0 Å². The maximum Gasteiger partial charge on any atom is 0.306 e. The van der Waals surface area contributed by atoms with Crippen LogP contribution >= 0.6 is 0 Å². The minimum Gasteiger partial charge on any atom is -0.494 e. The van der Waals surface area contributed by atoms with Gasteiger partial charge in [0.1, 0.15) is 0 Å². The molecule has 1 amide bonds. The number of fused-ring (bicyclic) bond motifs is 1. The molecule has 7 nitrogen and oxygen atoms in total. The van der Waals surface area contributed by atoms with Gasteiger partial charge in [-0.1, -0.05) is 36.4 Å². The summed E-state index contributed by atoms with van der Waals surface area (Å²) < 4.78 is 25.9. The van der Waals surface area contributed by atoms with Gasteiger partial charge < -0.3 is 10.1 Å². The van der Waals surface area contributed by atoms with Crippen LogP contribution in [0.2, 0.25) is 0 Å². The number of hydrogen-bond donors (Lipinski definition) is 3. The molecule has 0 aliphatic carbocycles. The molecule has 8 heteroatoms. The highest BCUT2D eigenvalue weighted by molar-refractivity contribution is 7.90. The number of hydrogen-bond acceptors (Lipinski definition) is 5. The first-order valence-corrected chi connectivity index (χ1v) is 8.34. The van der Waals surface area contributed by atoms with Crippen LogP contribution < -0.4 is 4.72 Å². The predicted molar refractivity (Wildman–Crippen MR) is 86.1 cm³/mol. The van der Waals surface area contributed by atoms with Gasteiger partial charge in [-0.2, -0.15) is 0 Å². The van der Waals surface area contributed by atoms with Crippen molar-refractivity contribution in [2.45, 2.75) is 4.90 Å². The van der Waals surface area contributed by atoms with Gasteiger partial charge in [0.15, 0.2) is 0 Å². The smallest absolute Gasteiger partial charge is 0.306 e. The number of H-pyrrole nitrogens is 1. The predicted octanol–water partition coefficient (Wildman–Crippen LogP) is 1.56. The van der Waals surface area contributed by atoms with Gasteiger partial charge in [-0.25, -0.2) is 13.1 Å². The molecule has 24 heavy (non-hydrogen) atoms. The number of carbonyl (C=O) groups excluding carboxylic acids is 2. The average Bonchev–Trinajstić information content (AvgIpc) is 2.90. The summed E-state index contributed by atoms with van der Waals surface area (Å²) in [6.07, 6.45) is 0. The second-order valence-electron chi connectivity index (χ2n) is 4.97. The van der Waals surface area contributed by atoms with Crippen molar-refractivity contribution in [1.82, 2.24) is 9.71 Å². The summed E-state index contributed by atoms with van der Waals surface area (Å²) in [5.41, 5.74) is 0.184. The molecule has 1 aromatic heterocycles. The molecule has 0 fully saturated rings. The third-order valence-corrected chi connectivity index (χ3v) is 4.75. The number of rotatable bonds is 4. The van der Waals surface area contributed by atoms with E-state index in [0.717, 1.165) is 0 Å². The van der Waals surface area contributed by atoms with Gasteiger partial charge in [-0.05, 0) is 18.2 Å². The van der Waals surface area contributed by atoms with Crippen molar-refractivity contribution >= 4 is 32.6 Å². The number of aromatic hydroxyl groups is 1. The molecule has 3 aromatic rings. The highest BCUT2D eigenvalue weighted by atomic mass is 32.2. The monoisotopic (exact) mass is 344 g/mol. The number of carbonyl (C=O) groups is 2. The first-order valence-electron chi connectivity index (χ1n) is 6.86. The molecule has 0 aliphatic rings. The van der Waals surface area contributed by atoms with Crippen molar-refractivity contribution in [3.05, 3.63) is 60.2 Å². The van der Waals surface area contributed by atoms with E-state index in [2.05, 4.69) is 4.98 Å². The maximum absolute atomic E-state index is 12.3. The third kappa shape index (κ3) is 2.74. The zero-order valence-corrected chi connectivity index (χ0v) is 13.0. The summed E-state index contributed by atoms with van der Waals surface area (Å²) in [5, 5.41) is 10.2. The Kier molecular flexibility index (Phi) is 3.82. The fraction of sp³-hybridized carbons (Fsp3) is 0. The normalized spacial score (nSPS) is 11.3. The number of Topliss-reactive ketones (excluding diaryl/α,β-unsaturated/α-hetero) is 1. The molecule has 0 atom stereocenters. The largest absolute Gasteiger partial charge is 0.494 e. The van der Waals surface area contributed by atoms with Crippen LogP contribution in [-0.2, 0) is 14.8 Å². The van der Waals surface area contributed by atoms with Crippen LogP contribution in [0, 0.1) is 0 Å². The average molecular weight is 344 g/mol. The number of benzene rings is 2. The number of aromatic amines is 1. The molecule has 0 spiro atoms. The number of aromatic nitrogens is 1. The second kappa shape index (κ2) is 5.82. The van der Waals surface area contributed by atoms with Gasteiger partial charge in [0, 0.05) is 10.9 Å². The molecule has 3 rings (SSSR count). The van der Waals surface area contributed by atoms with E-state index in [1.165, 1.54) is 30.3 Å². The number of para-hydroxylation sites is 1. The van der Waals surface area contributed by atoms with Crippen molar-refractivity contribution in [1.29, 1.82) is 0 Å². The summed E-state index contributed by atoms with van der Waals surface area (Å²) in [5.74, 6) is -2.99. The Bertz CT molecular complexity index is 1040. The van der Waals surface area contributed by atoms with Crippen molar-refractivity contribution in [3.63, 3.8) is 0 Å². The lowest BCUT2D eigenvalue weighted by molar-refractivity contribution is -0.115. The van der Waals surface area contributed by atoms with Crippen LogP contribution in [0.1, 0.15) is 10.4 Å². The first kappa shape index (κ1) is 15.8. The van der Waals surface area contributed by atoms with E-state index < -0.39 is 27.6 Å². The van der Waals surface area contributed by atoms with E-state index in [0.29, 0.717) is 10.9 Å². The lowest BCUT2D eigenvalue weighted by Gasteiger charge is -2.06. The van der Waals surface area contributed by atoms with Crippen LogP contribution in [0.25, 0.3) is 10.9 Å². The Balaban J connectivity index is 1.93. The Morgan fingerprint density at radius 1 is 0.958 bits per heavy atom. The number of nitrogens with one attached hydrogen (secondary N) is 2. The minimum atomic E-state index is -4.17.